The number of benzene rings is 5. The molecule has 0 aliphatic heterocycles. The molecule has 0 aliphatic carbocycles. The Morgan fingerprint density at radius 2 is 0.720 bits per heavy atom. The number of hydrogen-bond donors (Lipinski definition) is 4. The van der Waals surface area contributed by atoms with Gasteiger partial charge in [0.05, 0.1) is 37.4 Å². The van der Waals surface area contributed by atoms with Crippen LogP contribution in [0.5, 0.6) is 0 Å². The monoisotopic (exact) mass is 664 g/mol. The van der Waals surface area contributed by atoms with E-state index < -0.39 is 23.7 Å². The lowest BCUT2D eigenvalue weighted by Gasteiger charge is -2.17. The number of nitrogens with one attached hydrogen (secondary N) is 4. The molecule has 0 bridgehead atoms. The van der Waals surface area contributed by atoms with E-state index in [2.05, 4.69) is 31.7 Å². The number of carbonyl (C=O) groups excluding carboxylic acids is 4. The molecule has 0 saturated heterocycles. The fourth-order valence-electron chi connectivity index (χ4n) is 5.22. The molecule has 0 heterocycles. The summed E-state index contributed by atoms with van der Waals surface area (Å²) in [6.07, 6.45) is 2.94. The minimum Gasteiger partial charge on any atom is -0.346 e. The smallest absolute Gasteiger partial charge is 0.259 e. The Kier molecular flexibility index (Phi) is 12.5. The van der Waals surface area contributed by atoms with Crippen LogP contribution < -0.4 is 21.5 Å². The molecule has 0 aliphatic rings. The summed E-state index contributed by atoms with van der Waals surface area (Å²) in [5.74, 6) is -2.63. The van der Waals surface area contributed by atoms with Gasteiger partial charge in [0.1, 0.15) is 0 Å². The van der Waals surface area contributed by atoms with Crippen molar-refractivity contribution in [3.63, 3.8) is 0 Å². The highest BCUT2D eigenvalue weighted by atomic mass is 16.2. The topological polar surface area (TPSA) is 141 Å². The second kappa shape index (κ2) is 18.0. The van der Waals surface area contributed by atoms with Crippen molar-refractivity contribution in [3.8, 4) is 0 Å². The molecule has 5 aromatic carbocycles. The largest absolute Gasteiger partial charge is 0.346 e. The van der Waals surface area contributed by atoms with Crippen molar-refractivity contribution in [1.29, 1.82) is 0 Å². The molecule has 10 heteroatoms. The van der Waals surface area contributed by atoms with Gasteiger partial charge in [-0.3, -0.25) is 19.2 Å². The Bertz CT molecular complexity index is 1700. The van der Waals surface area contributed by atoms with Gasteiger partial charge in [-0.25, -0.2) is 10.9 Å². The van der Waals surface area contributed by atoms with Crippen LogP contribution in [0.2, 0.25) is 0 Å². The predicted molar refractivity (Wildman–Crippen MR) is 193 cm³/mol. The Labute approximate surface area is 290 Å². The van der Waals surface area contributed by atoms with Crippen molar-refractivity contribution in [1.82, 2.24) is 21.5 Å². The number of hydrogen-bond acceptors (Lipinski definition) is 6. The lowest BCUT2D eigenvalue weighted by molar-refractivity contribution is -0.126. The number of rotatable bonds is 14. The lowest BCUT2D eigenvalue weighted by atomic mass is 9.90. The highest BCUT2D eigenvalue weighted by Gasteiger charge is 2.24. The van der Waals surface area contributed by atoms with Crippen molar-refractivity contribution in [3.05, 3.63) is 179 Å². The average Bonchev–Trinajstić information content (AvgIpc) is 3.16. The number of nitrogens with zero attached hydrogens (tertiary/aromatic N) is 2. The number of carbonyl (C=O) groups is 4. The molecule has 4 amide bonds. The predicted octanol–water partition coefficient (Wildman–Crippen LogP) is 4.48. The van der Waals surface area contributed by atoms with Crippen molar-refractivity contribution in [2.45, 2.75) is 11.8 Å². The summed E-state index contributed by atoms with van der Waals surface area (Å²) in [7, 11) is 0. The quantitative estimate of drug-likeness (QED) is 0.103. The van der Waals surface area contributed by atoms with Crippen molar-refractivity contribution in [2.75, 3.05) is 13.1 Å². The Hall–Kier alpha value is -6.68. The SMILES string of the molecule is O=C(CNC(=O)C(c1ccccc1)c1ccccc1)NN=Cc1ccc(C=NNC(=O)CNC(=O)C(c2ccccc2)c2ccccc2)cc1. The van der Waals surface area contributed by atoms with Gasteiger partial charge in [0.15, 0.2) is 0 Å². The van der Waals surface area contributed by atoms with E-state index >= 15 is 0 Å². The van der Waals surface area contributed by atoms with Crippen LogP contribution in [0.25, 0.3) is 0 Å². The van der Waals surface area contributed by atoms with Crippen molar-refractivity contribution in [2.24, 2.45) is 10.2 Å². The maximum atomic E-state index is 13.1. The number of amides is 4. The molecule has 0 aromatic heterocycles. The summed E-state index contributed by atoms with van der Waals surface area (Å²) in [4.78, 5) is 51.0. The summed E-state index contributed by atoms with van der Waals surface area (Å²) in [6.45, 7) is -0.477. The minimum absolute atomic E-state index is 0.238. The fourth-order valence-corrected chi connectivity index (χ4v) is 5.22. The molecule has 0 spiro atoms. The van der Waals surface area contributed by atoms with Gasteiger partial charge in [-0.1, -0.05) is 146 Å². The zero-order valence-corrected chi connectivity index (χ0v) is 27.1. The van der Waals surface area contributed by atoms with Gasteiger partial charge in [-0.2, -0.15) is 10.2 Å². The van der Waals surface area contributed by atoms with Crippen LogP contribution in [0.3, 0.4) is 0 Å². The van der Waals surface area contributed by atoms with Gasteiger partial charge in [0, 0.05) is 0 Å². The summed E-state index contributed by atoms with van der Waals surface area (Å²) in [5, 5.41) is 13.4. The standard InChI is InChI=1S/C40H36N6O4/c47-35(27-41-39(49)37(31-13-5-1-6-14-31)32-15-7-2-8-16-32)45-43-25-29-21-23-30(24-22-29)26-44-46-36(48)28-42-40(50)38(33-17-9-3-10-18-33)34-19-11-4-12-20-34/h1-26,37-38H,27-28H2,(H,41,49)(H,42,50)(H,45,47)(H,46,48). The van der Waals surface area contributed by atoms with E-state index in [-0.39, 0.29) is 24.9 Å². The van der Waals surface area contributed by atoms with E-state index in [9.17, 15) is 19.2 Å². The molecule has 50 heavy (non-hydrogen) atoms. The van der Waals surface area contributed by atoms with E-state index in [1.165, 1.54) is 12.4 Å². The highest BCUT2D eigenvalue weighted by Crippen LogP contribution is 2.25. The summed E-state index contributed by atoms with van der Waals surface area (Å²) >= 11 is 0. The van der Waals surface area contributed by atoms with Crippen LogP contribution in [0, 0.1) is 0 Å². The highest BCUT2D eigenvalue weighted by molar-refractivity contribution is 5.92. The molecule has 10 nitrogen and oxygen atoms in total. The van der Waals surface area contributed by atoms with Crippen LogP contribution >= 0.6 is 0 Å². The van der Waals surface area contributed by atoms with Gasteiger partial charge in [0.2, 0.25) is 11.8 Å². The first-order chi connectivity index (χ1) is 24.5. The third-order valence-corrected chi connectivity index (χ3v) is 7.64. The molecule has 0 saturated carbocycles. The first-order valence-corrected chi connectivity index (χ1v) is 16.0. The second-order valence-corrected chi connectivity index (χ2v) is 11.2. The maximum Gasteiger partial charge on any atom is 0.259 e. The van der Waals surface area contributed by atoms with Gasteiger partial charge >= 0.3 is 0 Å². The van der Waals surface area contributed by atoms with Gasteiger partial charge in [0.25, 0.3) is 11.8 Å². The molecule has 5 aromatic rings. The van der Waals surface area contributed by atoms with Gasteiger partial charge in [-0.05, 0) is 33.4 Å². The molecule has 5 rings (SSSR count). The Morgan fingerprint density at radius 3 is 1.00 bits per heavy atom. The molecule has 4 N–H and O–H groups in total. The molecular formula is C40H36N6O4. The molecule has 250 valence electrons. The van der Waals surface area contributed by atoms with E-state index in [4.69, 9.17) is 0 Å². The normalized spacial score (nSPS) is 11.1. The third kappa shape index (κ3) is 10.2. The Balaban J connectivity index is 1.05. The van der Waals surface area contributed by atoms with Crippen LogP contribution in [-0.4, -0.2) is 49.1 Å². The zero-order chi connectivity index (χ0) is 35.0. The third-order valence-electron chi connectivity index (χ3n) is 7.64. The molecule has 0 fully saturated rings. The van der Waals surface area contributed by atoms with Crippen LogP contribution in [0.4, 0.5) is 0 Å². The molecule has 0 radical (unpaired) electrons. The lowest BCUT2D eigenvalue weighted by Crippen LogP contribution is -2.37. The van der Waals surface area contributed by atoms with E-state index in [1.807, 2.05) is 121 Å². The summed E-state index contributed by atoms with van der Waals surface area (Å²) in [6, 6.07) is 44.6. The second-order valence-electron chi connectivity index (χ2n) is 11.2. The van der Waals surface area contributed by atoms with Crippen LogP contribution in [-0.2, 0) is 19.2 Å². The van der Waals surface area contributed by atoms with Gasteiger partial charge < -0.3 is 10.6 Å². The average molecular weight is 665 g/mol. The molecular weight excluding hydrogens is 628 g/mol. The first kappa shape index (κ1) is 34.6. The maximum absolute atomic E-state index is 13.1. The van der Waals surface area contributed by atoms with Crippen LogP contribution in [0.1, 0.15) is 45.2 Å². The van der Waals surface area contributed by atoms with E-state index in [0.29, 0.717) is 11.1 Å². The summed E-state index contributed by atoms with van der Waals surface area (Å²) in [5.41, 5.74) is 9.56. The zero-order valence-electron chi connectivity index (χ0n) is 27.1. The van der Waals surface area contributed by atoms with E-state index in [1.54, 1.807) is 24.3 Å². The van der Waals surface area contributed by atoms with Crippen molar-refractivity contribution >= 4 is 36.1 Å². The Morgan fingerprint density at radius 1 is 0.440 bits per heavy atom. The van der Waals surface area contributed by atoms with Gasteiger partial charge in [-0.15, -0.1) is 0 Å². The molecule has 0 atom stereocenters. The summed E-state index contributed by atoms with van der Waals surface area (Å²) < 4.78 is 0. The van der Waals surface area contributed by atoms with E-state index in [0.717, 1.165) is 22.3 Å². The number of hydrazone groups is 2. The minimum atomic E-state index is -0.553. The fraction of sp³-hybridized carbons (Fsp3) is 0.100. The molecule has 0 unspecified atom stereocenters. The van der Waals surface area contributed by atoms with Crippen LogP contribution in [0.15, 0.2) is 156 Å². The van der Waals surface area contributed by atoms with Crippen molar-refractivity contribution < 1.29 is 19.2 Å². The first-order valence-electron chi connectivity index (χ1n) is 16.0.